The molecule has 2 aromatic carbocycles. The van der Waals surface area contributed by atoms with E-state index in [-0.39, 0.29) is 17.3 Å². The highest BCUT2D eigenvalue weighted by Crippen LogP contribution is 2.41. The number of fused-ring (bicyclic) bond motifs is 1. The largest absolute Gasteiger partial charge is 0.306 e. The second-order valence-electron chi connectivity index (χ2n) is 9.04. The van der Waals surface area contributed by atoms with Crippen molar-refractivity contribution >= 4 is 0 Å². The predicted molar refractivity (Wildman–Crippen MR) is 119 cm³/mol. The van der Waals surface area contributed by atoms with Gasteiger partial charge in [0, 0.05) is 36.2 Å². The lowest BCUT2D eigenvalue weighted by Crippen LogP contribution is -2.33. The van der Waals surface area contributed by atoms with Crippen molar-refractivity contribution in [3.63, 3.8) is 0 Å². The Morgan fingerprint density at radius 1 is 1.06 bits per heavy atom. The zero-order chi connectivity index (χ0) is 21.4. The molecule has 0 unspecified atom stereocenters. The minimum atomic E-state index is -0.247. The van der Waals surface area contributed by atoms with Crippen molar-refractivity contribution in [2.24, 2.45) is 5.41 Å². The van der Waals surface area contributed by atoms with E-state index in [0.29, 0.717) is 0 Å². The maximum atomic E-state index is 13.8. The van der Waals surface area contributed by atoms with Crippen LogP contribution in [-0.2, 0) is 13.0 Å². The minimum absolute atomic E-state index is 0.118. The molecular formula is C25H26FN5. The summed E-state index contributed by atoms with van der Waals surface area (Å²) in [6.07, 6.45) is 7.60. The van der Waals surface area contributed by atoms with Crippen molar-refractivity contribution in [3.05, 3.63) is 95.8 Å². The van der Waals surface area contributed by atoms with Gasteiger partial charge in [-0.25, -0.2) is 13.8 Å². The Bertz CT molecular complexity index is 1190. The van der Waals surface area contributed by atoms with Crippen LogP contribution in [0.25, 0.3) is 11.4 Å². The molecule has 0 fully saturated rings. The van der Waals surface area contributed by atoms with Crippen molar-refractivity contribution in [2.45, 2.75) is 39.3 Å². The molecule has 5 rings (SSSR count). The van der Waals surface area contributed by atoms with Crippen molar-refractivity contribution in [3.8, 4) is 11.4 Å². The summed E-state index contributed by atoms with van der Waals surface area (Å²) in [4.78, 5) is 0. The monoisotopic (exact) mass is 415 g/mol. The van der Waals surface area contributed by atoms with Crippen LogP contribution in [0.4, 0.5) is 4.39 Å². The lowest BCUT2D eigenvalue weighted by atomic mass is 9.74. The van der Waals surface area contributed by atoms with Gasteiger partial charge in [0.15, 0.2) is 0 Å². The highest BCUT2D eigenvalue weighted by atomic mass is 19.1. The zero-order valence-corrected chi connectivity index (χ0v) is 17.8. The number of halogens is 1. The summed E-state index contributed by atoms with van der Waals surface area (Å²) in [6.45, 7) is 5.32. The summed E-state index contributed by atoms with van der Waals surface area (Å²) in [7, 11) is 0. The molecule has 0 saturated carbocycles. The molecule has 31 heavy (non-hydrogen) atoms. The molecule has 1 atom stereocenters. The Labute approximate surface area is 181 Å². The standard InChI is InChI=1S/C25H26FN5/c1-25(2)14-23(27-16-18-6-3-8-20(12-18)30-11-5-10-28-30)22-17-29-31(24(22)15-25)21-9-4-7-19(26)13-21/h3-13,17,23,27H,14-16H2,1-2H3/t23-/m1/s1. The fourth-order valence-corrected chi connectivity index (χ4v) is 4.53. The van der Waals surface area contributed by atoms with Crippen LogP contribution in [0.15, 0.2) is 73.2 Å². The Morgan fingerprint density at radius 2 is 1.90 bits per heavy atom. The van der Waals surface area contributed by atoms with Gasteiger partial charge in [-0.3, -0.25) is 0 Å². The van der Waals surface area contributed by atoms with E-state index in [0.717, 1.165) is 36.5 Å². The van der Waals surface area contributed by atoms with Gasteiger partial charge in [0.25, 0.3) is 0 Å². The van der Waals surface area contributed by atoms with E-state index >= 15 is 0 Å². The third kappa shape index (κ3) is 4.03. The maximum absolute atomic E-state index is 13.8. The Morgan fingerprint density at radius 3 is 2.71 bits per heavy atom. The van der Waals surface area contributed by atoms with Gasteiger partial charge < -0.3 is 5.32 Å². The van der Waals surface area contributed by atoms with Crippen molar-refractivity contribution < 1.29 is 4.39 Å². The van der Waals surface area contributed by atoms with Gasteiger partial charge in [-0.15, -0.1) is 0 Å². The summed E-state index contributed by atoms with van der Waals surface area (Å²) < 4.78 is 17.6. The molecule has 158 valence electrons. The Kier molecular flexibility index (Phi) is 4.94. The van der Waals surface area contributed by atoms with E-state index in [2.05, 4.69) is 53.6 Å². The van der Waals surface area contributed by atoms with Crippen LogP contribution in [0.2, 0.25) is 0 Å². The molecule has 2 aromatic heterocycles. The Balaban J connectivity index is 1.41. The van der Waals surface area contributed by atoms with Gasteiger partial charge >= 0.3 is 0 Å². The number of aromatic nitrogens is 4. The average Bonchev–Trinajstić information content (AvgIpc) is 3.42. The summed E-state index contributed by atoms with van der Waals surface area (Å²) in [6, 6.07) is 17.2. The van der Waals surface area contributed by atoms with Gasteiger partial charge in [-0.2, -0.15) is 10.2 Å². The zero-order valence-electron chi connectivity index (χ0n) is 17.8. The molecule has 0 bridgehead atoms. The first kappa shape index (κ1) is 19.7. The molecule has 0 aliphatic heterocycles. The van der Waals surface area contributed by atoms with Gasteiger partial charge in [-0.1, -0.05) is 32.0 Å². The molecule has 0 saturated heterocycles. The third-order valence-corrected chi connectivity index (χ3v) is 5.96. The predicted octanol–water partition coefficient (Wildman–Crippen LogP) is 5.00. The van der Waals surface area contributed by atoms with Crippen molar-refractivity contribution in [1.82, 2.24) is 24.9 Å². The van der Waals surface area contributed by atoms with Crippen LogP contribution in [-0.4, -0.2) is 19.6 Å². The first-order valence-corrected chi connectivity index (χ1v) is 10.6. The first-order valence-electron chi connectivity index (χ1n) is 10.6. The van der Waals surface area contributed by atoms with Crippen LogP contribution < -0.4 is 5.32 Å². The van der Waals surface area contributed by atoms with Crippen molar-refractivity contribution in [1.29, 1.82) is 0 Å². The van der Waals surface area contributed by atoms with Gasteiger partial charge in [0.2, 0.25) is 0 Å². The van der Waals surface area contributed by atoms with Crippen LogP contribution in [0.3, 0.4) is 0 Å². The lowest BCUT2D eigenvalue weighted by molar-refractivity contribution is 0.253. The van der Waals surface area contributed by atoms with E-state index in [1.54, 1.807) is 12.3 Å². The number of benzene rings is 2. The first-order chi connectivity index (χ1) is 15.0. The van der Waals surface area contributed by atoms with Gasteiger partial charge in [0.05, 0.1) is 17.6 Å². The molecule has 1 N–H and O–H groups in total. The van der Waals surface area contributed by atoms with Crippen LogP contribution in [0.5, 0.6) is 0 Å². The van der Waals surface area contributed by atoms with E-state index in [1.807, 2.05) is 33.9 Å². The molecule has 6 heteroatoms. The topological polar surface area (TPSA) is 47.7 Å². The van der Waals surface area contributed by atoms with E-state index in [4.69, 9.17) is 0 Å². The molecule has 5 nitrogen and oxygen atoms in total. The van der Waals surface area contributed by atoms with E-state index in [1.165, 1.54) is 23.3 Å². The summed E-state index contributed by atoms with van der Waals surface area (Å²) in [5, 5.41) is 12.7. The van der Waals surface area contributed by atoms with Gasteiger partial charge in [-0.05, 0) is 60.2 Å². The molecule has 0 amide bonds. The quantitative estimate of drug-likeness (QED) is 0.499. The average molecular weight is 416 g/mol. The second kappa shape index (κ2) is 7.78. The smallest absolute Gasteiger partial charge is 0.125 e. The molecule has 1 aliphatic carbocycles. The molecule has 0 spiro atoms. The summed E-state index contributed by atoms with van der Waals surface area (Å²) in [5.41, 5.74) is 5.50. The van der Waals surface area contributed by atoms with E-state index < -0.39 is 0 Å². The fraction of sp³-hybridized carbons (Fsp3) is 0.280. The SMILES string of the molecule is CC1(C)Cc2c(cnn2-c2cccc(F)c2)[C@H](NCc2cccc(-n3cccn3)c2)C1. The highest BCUT2D eigenvalue weighted by Gasteiger charge is 2.35. The number of nitrogens with one attached hydrogen (secondary N) is 1. The van der Waals surface area contributed by atoms with Crippen molar-refractivity contribution in [2.75, 3.05) is 0 Å². The molecule has 4 aromatic rings. The molecule has 0 radical (unpaired) electrons. The van der Waals surface area contributed by atoms with Crippen LogP contribution in [0.1, 0.15) is 43.1 Å². The van der Waals surface area contributed by atoms with Gasteiger partial charge in [0.1, 0.15) is 5.82 Å². The number of hydrogen-bond acceptors (Lipinski definition) is 3. The Hall–Kier alpha value is -3.25. The normalized spacial score (nSPS) is 17.5. The molecule has 1 aliphatic rings. The van der Waals surface area contributed by atoms with Crippen LogP contribution in [0, 0.1) is 11.2 Å². The summed E-state index contributed by atoms with van der Waals surface area (Å²) in [5.74, 6) is -0.247. The number of nitrogens with zero attached hydrogens (tertiary/aromatic N) is 4. The lowest BCUT2D eigenvalue weighted by Gasteiger charge is -2.36. The highest BCUT2D eigenvalue weighted by molar-refractivity contribution is 5.39. The second-order valence-corrected chi connectivity index (χ2v) is 9.04. The fourth-order valence-electron chi connectivity index (χ4n) is 4.53. The summed E-state index contributed by atoms with van der Waals surface area (Å²) >= 11 is 0. The maximum Gasteiger partial charge on any atom is 0.125 e. The number of rotatable bonds is 5. The minimum Gasteiger partial charge on any atom is -0.306 e. The number of hydrogen-bond donors (Lipinski definition) is 1. The van der Waals surface area contributed by atoms with Crippen LogP contribution >= 0.6 is 0 Å². The molecule has 2 heterocycles. The molecular weight excluding hydrogens is 389 g/mol. The van der Waals surface area contributed by atoms with E-state index in [9.17, 15) is 4.39 Å². The third-order valence-electron chi connectivity index (χ3n) is 5.96.